The number of rotatable bonds is 5. The molecule has 5 rings (SSSR count). The third-order valence-electron chi connectivity index (χ3n) is 4.39. The first kappa shape index (κ1) is 17.9. The molecule has 0 spiro atoms. The number of halogens is 1. The lowest BCUT2D eigenvalue weighted by atomic mass is 10.2. The molecule has 0 saturated heterocycles. The number of nitrogens with one attached hydrogen (secondary N) is 1. The summed E-state index contributed by atoms with van der Waals surface area (Å²) in [6.07, 6.45) is 0.600. The molecule has 0 fully saturated rings. The van der Waals surface area contributed by atoms with Gasteiger partial charge in [-0.2, -0.15) is 4.98 Å². The van der Waals surface area contributed by atoms with Gasteiger partial charge in [0.15, 0.2) is 10.8 Å². The Hall–Kier alpha value is -3.17. The summed E-state index contributed by atoms with van der Waals surface area (Å²) in [4.78, 5) is 22.0. The summed E-state index contributed by atoms with van der Waals surface area (Å²) in [7, 11) is 0. The second kappa shape index (κ2) is 7.34. The number of aromatic nitrogens is 4. The molecule has 1 amide bonds. The first-order chi connectivity index (χ1) is 14.2. The van der Waals surface area contributed by atoms with Crippen LogP contribution in [-0.2, 0) is 6.42 Å². The molecule has 2 aromatic carbocycles. The Kier molecular flexibility index (Phi) is 4.53. The van der Waals surface area contributed by atoms with Gasteiger partial charge in [0.05, 0.1) is 15.9 Å². The molecule has 3 heterocycles. The van der Waals surface area contributed by atoms with Crippen molar-refractivity contribution >= 4 is 43.8 Å². The topological polar surface area (TPSA) is 72.2 Å². The standard InChI is InChI=1S/C20H14FN5OS2/c21-13-5-3-4-12(10-13)17-24-20-26(25-17)14(11-28-20)8-9-22-18(27)19-23-15-6-1-2-7-16(15)29-19/h1-7,10-11H,8-9H2,(H,22,27). The highest BCUT2D eigenvalue weighted by Gasteiger charge is 2.14. The molecule has 0 saturated carbocycles. The lowest BCUT2D eigenvalue weighted by molar-refractivity contribution is 0.0954. The van der Waals surface area contributed by atoms with Crippen LogP contribution in [0.15, 0.2) is 53.9 Å². The monoisotopic (exact) mass is 423 g/mol. The number of para-hydroxylation sites is 1. The predicted octanol–water partition coefficient (Wildman–Crippen LogP) is 4.18. The molecule has 0 unspecified atom stereocenters. The highest BCUT2D eigenvalue weighted by Crippen LogP contribution is 2.23. The number of fused-ring (bicyclic) bond motifs is 2. The molecule has 0 aliphatic rings. The maximum absolute atomic E-state index is 13.5. The predicted molar refractivity (Wildman–Crippen MR) is 112 cm³/mol. The normalized spacial score (nSPS) is 11.3. The average molecular weight is 423 g/mol. The molecular formula is C20H14FN5OS2. The summed E-state index contributed by atoms with van der Waals surface area (Å²) in [5.74, 6) is -0.0220. The van der Waals surface area contributed by atoms with Crippen LogP contribution in [0.4, 0.5) is 4.39 Å². The van der Waals surface area contributed by atoms with Crippen LogP contribution >= 0.6 is 22.7 Å². The van der Waals surface area contributed by atoms with E-state index in [9.17, 15) is 9.18 Å². The van der Waals surface area contributed by atoms with E-state index in [1.54, 1.807) is 16.6 Å². The largest absolute Gasteiger partial charge is 0.350 e. The van der Waals surface area contributed by atoms with Crippen LogP contribution in [0, 0.1) is 5.82 Å². The zero-order valence-electron chi connectivity index (χ0n) is 15.0. The summed E-state index contributed by atoms with van der Waals surface area (Å²) >= 11 is 2.84. The fourth-order valence-electron chi connectivity index (χ4n) is 3.00. The number of thiazole rings is 2. The Bertz CT molecular complexity index is 1310. The lowest BCUT2D eigenvalue weighted by Crippen LogP contribution is -2.25. The minimum Gasteiger partial charge on any atom is -0.350 e. The summed E-state index contributed by atoms with van der Waals surface area (Å²) in [5.41, 5.74) is 2.40. The molecule has 1 N–H and O–H groups in total. The van der Waals surface area contributed by atoms with Crippen LogP contribution in [-0.4, -0.2) is 32.0 Å². The molecule has 6 nitrogen and oxygen atoms in total. The second-order valence-corrected chi connectivity index (χ2v) is 8.23. The fraction of sp³-hybridized carbons (Fsp3) is 0.100. The molecule has 29 heavy (non-hydrogen) atoms. The Labute approximate surface area is 172 Å². The molecular weight excluding hydrogens is 409 g/mol. The maximum atomic E-state index is 13.5. The minimum absolute atomic E-state index is 0.184. The van der Waals surface area contributed by atoms with Crippen LogP contribution in [0.3, 0.4) is 0 Å². The second-order valence-electron chi connectivity index (χ2n) is 6.36. The van der Waals surface area contributed by atoms with Gasteiger partial charge in [0.25, 0.3) is 5.91 Å². The number of benzene rings is 2. The van der Waals surface area contributed by atoms with Crippen molar-refractivity contribution < 1.29 is 9.18 Å². The number of hydrogen-bond donors (Lipinski definition) is 1. The molecule has 0 radical (unpaired) electrons. The number of hydrogen-bond acceptors (Lipinski definition) is 6. The van der Waals surface area contributed by atoms with Crippen LogP contribution in [0.1, 0.15) is 15.5 Å². The zero-order valence-corrected chi connectivity index (χ0v) is 16.6. The lowest BCUT2D eigenvalue weighted by Gasteiger charge is -2.02. The van der Waals surface area contributed by atoms with E-state index in [1.165, 1.54) is 34.8 Å². The van der Waals surface area contributed by atoms with Crippen molar-refractivity contribution in [2.24, 2.45) is 0 Å². The first-order valence-electron chi connectivity index (χ1n) is 8.90. The van der Waals surface area contributed by atoms with E-state index >= 15 is 0 Å². The van der Waals surface area contributed by atoms with Crippen molar-refractivity contribution in [3.8, 4) is 11.4 Å². The summed E-state index contributed by atoms with van der Waals surface area (Å²) < 4.78 is 16.2. The van der Waals surface area contributed by atoms with Gasteiger partial charge < -0.3 is 5.32 Å². The van der Waals surface area contributed by atoms with Crippen LogP contribution in [0.25, 0.3) is 26.6 Å². The average Bonchev–Trinajstić information content (AvgIpc) is 3.42. The van der Waals surface area contributed by atoms with Gasteiger partial charge >= 0.3 is 0 Å². The number of carbonyl (C=O) groups excluding carboxylic acids is 1. The van der Waals surface area contributed by atoms with Gasteiger partial charge in [-0.05, 0) is 24.3 Å². The Morgan fingerprint density at radius 1 is 1.14 bits per heavy atom. The third-order valence-corrected chi connectivity index (χ3v) is 6.29. The van der Waals surface area contributed by atoms with E-state index in [0.29, 0.717) is 29.4 Å². The Morgan fingerprint density at radius 3 is 2.90 bits per heavy atom. The molecule has 5 aromatic rings. The van der Waals surface area contributed by atoms with Crippen molar-refractivity contribution in [1.82, 2.24) is 24.9 Å². The van der Waals surface area contributed by atoms with Crippen LogP contribution in [0.5, 0.6) is 0 Å². The smallest absolute Gasteiger partial charge is 0.280 e. The van der Waals surface area contributed by atoms with Gasteiger partial charge in [-0.1, -0.05) is 24.3 Å². The van der Waals surface area contributed by atoms with Gasteiger partial charge in [-0.15, -0.1) is 27.8 Å². The highest BCUT2D eigenvalue weighted by molar-refractivity contribution is 7.20. The van der Waals surface area contributed by atoms with Crippen LogP contribution in [0.2, 0.25) is 0 Å². The number of nitrogens with zero attached hydrogens (tertiary/aromatic N) is 4. The van der Waals surface area contributed by atoms with E-state index < -0.39 is 0 Å². The summed E-state index contributed by atoms with van der Waals surface area (Å²) in [6.45, 7) is 0.454. The minimum atomic E-state index is -0.321. The van der Waals surface area contributed by atoms with Gasteiger partial charge in [0, 0.05) is 23.9 Å². The zero-order chi connectivity index (χ0) is 19.8. The van der Waals surface area contributed by atoms with Gasteiger partial charge in [-0.3, -0.25) is 4.79 Å². The van der Waals surface area contributed by atoms with Crippen molar-refractivity contribution in [3.05, 3.63) is 70.4 Å². The first-order valence-corrected chi connectivity index (χ1v) is 10.6. The van der Waals surface area contributed by atoms with Crippen molar-refractivity contribution in [2.45, 2.75) is 6.42 Å². The van der Waals surface area contributed by atoms with E-state index in [0.717, 1.165) is 20.9 Å². The van der Waals surface area contributed by atoms with E-state index in [2.05, 4.69) is 20.4 Å². The van der Waals surface area contributed by atoms with Gasteiger partial charge in [0.2, 0.25) is 4.96 Å². The Balaban J connectivity index is 1.28. The van der Waals surface area contributed by atoms with Crippen molar-refractivity contribution in [2.75, 3.05) is 6.54 Å². The Morgan fingerprint density at radius 2 is 2.03 bits per heavy atom. The van der Waals surface area contributed by atoms with Gasteiger partial charge in [0.1, 0.15) is 5.82 Å². The highest BCUT2D eigenvalue weighted by atomic mass is 32.1. The third kappa shape index (κ3) is 3.50. The molecule has 9 heteroatoms. The SMILES string of the molecule is O=C(NCCc1csc2nc(-c3cccc(F)c3)nn12)c1nc2ccccc2s1. The molecule has 0 bridgehead atoms. The molecule has 3 aromatic heterocycles. The summed E-state index contributed by atoms with van der Waals surface area (Å²) in [6, 6.07) is 13.9. The fourth-order valence-corrected chi connectivity index (χ4v) is 4.73. The molecule has 0 aliphatic heterocycles. The van der Waals surface area contributed by atoms with Crippen molar-refractivity contribution in [1.29, 1.82) is 0 Å². The van der Waals surface area contributed by atoms with E-state index in [1.807, 2.05) is 29.6 Å². The molecule has 0 aliphatic carbocycles. The number of amides is 1. The molecule has 144 valence electrons. The van der Waals surface area contributed by atoms with E-state index in [-0.39, 0.29) is 11.7 Å². The number of carbonyl (C=O) groups is 1. The molecule has 0 atom stereocenters. The van der Waals surface area contributed by atoms with E-state index in [4.69, 9.17) is 0 Å². The quantitative estimate of drug-likeness (QED) is 0.460. The summed E-state index contributed by atoms with van der Waals surface area (Å²) in [5, 5.41) is 9.83. The van der Waals surface area contributed by atoms with Gasteiger partial charge in [-0.25, -0.2) is 13.9 Å². The van der Waals surface area contributed by atoms with Crippen molar-refractivity contribution in [3.63, 3.8) is 0 Å². The maximum Gasteiger partial charge on any atom is 0.280 e. The van der Waals surface area contributed by atoms with Crippen LogP contribution < -0.4 is 5.32 Å².